The smallest absolute Gasteiger partial charge is 0.306 e. The summed E-state index contributed by atoms with van der Waals surface area (Å²) in [6.07, 6.45) is 70.3. The van der Waals surface area contributed by atoms with E-state index in [1.54, 1.807) is 0 Å². The number of unbranched alkanes of at least 4 members (excludes halogenated alkanes) is 28. The summed E-state index contributed by atoms with van der Waals surface area (Å²) in [5.74, 6) is -0.919. The molecule has 0 fully saturated rings. The summed E-state index contributed by atoms with van der Waals surface area (Å²) >= 11 is 0. The predicted octanol–water partition coefficient (Wildman–Crippen LogP) is 19.0. The number of allylic oxidation sites excluding steroid dienone is 12. The molecule has 1 unspecified atom stereocenters. The quantitative estimate of drug-likeness (QED) is 0.0262. The Morgan fingerprint density at radius 3 is 0.896 bits per heavy atom. The molecule has 1 atom stereocenters. The molecule has 0 rings (SSSR count). The zero-order chi connectivity index (χ0) is 48.6. The lowest BCUT2D eigenvalue weighted by molar-refractivity contribution is -0.167. The number of hydrogen-bond acceptors (Lipinski definition) is 6. The zero-order valence-electron chi connectivity index (χ0n) is 44.2. The molecule has 0 N–H and O–H groups in total. The third-order valence-electron chi connectivity index (χ3n) is 12.2. The van der Waals surface area contributed by atoms with Crippen LogP contribution in [0.25, 0.3) is 0 Å². The molecule has 0 bridgehead atoms. The molecule has 0 saturated carbocycles. The van der Waals surface area contributed by atoms with Gasteiger partial charge in [-0.1, -0.05) is 216 Å². The second-order valence-corrected chi connectivity index (χ2v) is 18.8. The highest BCUT2D eigenvalue weighted by Gasteiger charge is 2.19. The monoisotopic (exact) mass is 935 g/mol. The number of carbonyl (C=O) groups excluding carboxylic acids is 3. The van der Waals surface area contributed by atoms with Gasteiger partial charge in [0.2, 0.25) is 0 Å². The van der Waals surface area contributed by atoms with Crippen LogP contribution in [-0.2, 0) is 28.6 Å². The van der Waals surface area contributed by atoms with Crippen LogP contribution < -0.4 is 0 Å². The minimum atomic E-state index is -0.792. The van der Waals surface area contributed by atoms with Gasteiger partial charge in [0.25, 0.3) is 0 Å². The fourth-order valence-electron chi connectivity index (χ4n) is 7.83. The summed E-state index contributed by atoms with van der Waals surface area (Å²) in [5, 5.41) is 0. The van der Waals surface area contributed by atoms with Crippen molar-refractivity contribution in [1.29, 1.82) is 0 Å². The summed E-state index contributed by atoms with van der Waals surface area (Å²) < 4.78 is 16.8. The van der Waals surface area contributed by atoms with Crippen LogP contribution in [0.5, 0.6) is 0 Å². The first-order valence-corrected chi connectivity index (χ1v) is 28.4. The van der Waals surface area contributed by atoms with E-state index in [1.165, 1.54) is 128 Å². The van der Waals surface area contributed by atoms with Gasteiger partial charge in [0.1, 0.15) is 13.2 Å². The van der Waals surface area contributed by atoms with Crippen molar-refractivity contribution in [3.63, 3.8) is 0 Å². The van der Waals surface area contributed by atoms with Crippen LogP contribution in [0.15, 0.2) is 72.9 Å². The van der Waals surface area contributed by atoms with Crippen molar-refractivity contribution in [3.05, 3.63) is 72.9 Å². The van der Waals surface area contributed by atoms with E-state index in [4.69, 9.17) is 14.2 Å². The maximum absolute atomic E-state index is 12.8. The molecule has 0 aromatic rings. The molecule has 0 aromatic heterocycles. The van der Waals surface area contributed by atoms with Crippen molar-refractivity contribution < 1.29 is 28.6 Å². The molecule has 0 spiro atoms. The van der Waals surface area contributed by atoms with Crippen LogP contribution in [0.1, 0.15) is 278 Å². The molecule has 67 heavy (non-hydrogen) atoms. The SMILES string of the molecule is CCCCC/C=C\C/C=C\CCCCCCCC(=O)OC(COC(=O)CCCCCCC/C=C\CCCCCC)COC(=O)CCCCCCCC/C=C\C/C=C\C/C=C\CCCCCCC. The van der Waals surface area contributed by atoms with E-state index < -0.39 is 6.10 Å². The zero-order valence-corrected chi connectivity index (χ0v) is 44.2. The van der Waals surface area contributed by atoms with Gasteiger partial charge in [-0.2, -0.15) is 0 Å². The molecule has 0 aromatic carbocycles. The van der Waals surface area contributed by atoms with Crippen LogP contribution in [0.4, 0.5) is 0 Å². The van der Waals surface area contributed by atoms with E-state index in [0.29, 0.717) is 19.3 Å². The third kappa shape index (κ3) is 53.7. The molecule has 0 radical (unpaired) electrons. The largest absolute Gasteiger partial charge is 0.462 e. The highest BCUT2D eigenvalue weighted by Crippen LogP contribution is 2.14. The number of ether oxygens (including phenoxy) is 3. The highest BCUT2D eigenvalue weighted by molar-refractivity contribution is 5.71. The Morgan fingerprint density at radius 2 is 0.537 bits per heavy atom. The summed E-state index contributed by atoms with van der Waals surface area (Å²) in [6.45, 7) is 6.57. The first-order valence-electron chi connectivity index (χ1n) is 28.4. The minimum absolute atomic E-state index is 0.0896. The average molecular weight is 936 g/mol. The van der Waals surface area contributed by atoms with E-state index in [9.17, 15) is 14.4 Å². The van der Waals surface area contributed by atoms with Crippen LogP contribution in [-0.4, -0.2) is 37.2 Å². The summed E-state index contributed by atoms with van der Waals surface area (Å²) in [6, 6.07) is 0. The van der Waals surface area contributed by atoms with E-state index in [2.05, 4.69) is 93.7 Å². The Hall–Kier alpha value is -3.15. The summed E-state index contributed by atoms with van der Waals surface area (Å²) in [7, 11) is 0. The van der Waals surface area contributed by atoms with Gasteiger partial charge in [0.05, 0.1) is 0 Å². The van der Waals surface area contributed by atoms with Crippen LogP contribution in [0.3, 0.4) is 0 Å². The van der Waals surface area contributed by atoms with E-state index in [-0.39, 0.29) is 31.1 Å². The molecule has 6 nitrogen and oxygen atoms in total. The second kappa shape index (κ2) is 55.4. The van der Waals surface area contributed by atoms with Gasteiger partial charge in [-0.25, -0.2) is 0 Å². The Labute approximate surface area is 414 Å². The van der Waals surface area contributed by atoms with Crippen LogP contribution in [0.2, 0.25) is 0 Å². The van der Waals surface area contributed by atoms with Crippen LogP contribution >= 0.6 is 0 Å². The van der Waals surface area contributed by atoms with Crippen LogP contribution in [0, 0.1) is 0 Å². The number of hydrogen-bond donors (Lipinski definition) is 0. The molecule has 0 aliphatic carbocycles. The molecule has 6 heteroatoms. The number of carbonyl (C=O) groups is 3. The topological polar surface area (TPSA) is 78.9 Å². The Kier molecular flexibility index (Phi) is 52.8. The highest BCUT2D eigenvalue weighted by atomic mass is 16.6. The fourth-order valence-corrected chi connectivity index (χ4v) is 7.83. The van der Waals surface area contributed by atoms with Gasteiger partial charge >= 0.3 is 17.9 Å². The molecule has 0 heterocycles. The molecular weight excluding hydrogens is 829 g/mol. The maximum atomic E-state index is 12.8. The van der Waals surface area contributed by atoms with Gasteiger partial charge in [-0.15, -0.1) is 0 Å². The summed E-state index contributed by atoms with van der Waals surface area (Å²) in [5.41, 5.74) is 0. The van der Waals surface area contributed by atoms with E-state index >= 15 is 0 Å². The fraction of sp³-hybridized carbons (Fsp3) is 0.754. The molecule has 0 amide bonds. The lowest BCUT2D eigenvalue weighted by Crippen LogP contribution is -2.30. The second-order valence-electron chi connectivity index (χ2n) is 18.8. The van der Waals surface area contributed by atoms with Gasteiger partial charge in [0.15, 0.2) is 6.10 Å². The average Bonchev–Trinajstić information content (AvgIpc) is 3.33. The molecular formula is C61H106O6. The van der Waals surface area contributed by atoms with Crippen molar-refractivity contribution >= 4 is 17.9 Å². The third-order valence-corrected chi connectivity index (χ3v) is 12.2. The first kappa shape index (κ1) is 63.8. The Bertz CT molecular complexity index is 1260. The molecule has 386 valence electrons. The molecule has 0 aliphatic rings. The number of esters is 3. The molecule has 0 saturated heterocycles. The van der Waals surface area contributed by atoms with Crippen molar-refractivity contribution in [2.24, 2.45) is 0 Å². The maximum Gasteiger partial charge on any atom is 0.306 e. The predicted molar refractivity (Wildman–Crippen MR) is 288 cm³/mol. The van der Waals surface area contributed by atoms with Gasteiger partial charge in [0, 0.05) is 19.3 Å². The normalized spacial score (nSPS) is 12.6. The summed E-state index contributed by atoms with van der Waals surface area (Å²) in [4.78, 5) is 38.1. The van der Waals surface area contributed by atoms with Crippen molar-refractivity contribution in [2.45, 2.75) is 284 Å². The van der Waals surface area contributed by atoms with Gasteiger partial charge in [-0.3, -0.25) is 14.4 Å². The molecule has 0 aliphatic heterocycles. The lowest BCUT2D eigenvalue weighted by atomic mass is 10.1. The van der Waals surface area contributed by atoms with Crippen molar-refractivity contribution in [3.8, 4) is 0 Å². The van der Waals surface area contributed by atoms with E-state index in [0.717, 1.165) is 109 Å². The van der Waals surface area contributed by atoms with Gasteiger partial charge in [-0.05, 0) is 116 Å². The van der Waals surface area contributed by atoms with Crippen molar-refractivity contribution in [1.82, 2.24) is 0 Å². The first-order chi connectivity index (χ1) is 33.0. The van der Waals surface area contributed by atoms with Crippen molar-refractivity contribution in [2.75, 3.05) is 13.2 Å². The Balaban J connectivity index is 4.40. The minimum Gasteiger partial charge on any atom is -0.462 e. The van der Waals surface area contributed by atoms with E-state index in [1.807, 2.05) is 0 Å². The lowest BCUT2D eigenvalue weighted by Gasteiger charge is -2.18. The Morgan fingerprint density at radius 1 is 0.299 bits per heavy atom. The standard InChI is InChI=1S/C61H106O6/c1-4-7-10-13-16-19-22-25-27-28-29-30-31-32-34-36-39-42-45-48-51-54-60(63)66-57-58(56-65-59(62)53-50-47-44-41-38-35-24-21-18-15-12-9-6-3)67-61(64)55-52-49-46-43-40-37-33-26-23-20-17-14-11-8-5-2/h17,20-22,24-26,28-29,31-33,58H,4-16,18-19,23,27,30,34-57H2,1-3H3/b20-17-,24-21-,25-22-,29-28-,32-31-,33-26-. The number of rotatable bonds is 51. The van der Waals surface area contributed by atoms with Gasteiger partial charge < -0.3 is 14.2 Å².